The first-order valence-electron chi connectivity index (χ1n) is 8.01. The van der Waals surface area contributed by atoms with Crippen LogP contribution in [0.3, 0.4) is 0 Å². The van der Waals surface area contributed by atoms with Gasteiger partial charge in [0.2, 0.25) is 5.91 Å². The zero-order valence-electron chi connectivity index (χ0n) is 13.4. The number of halogens is 1. The molecule has 1 saturated carbocycles. The van der Waals surface area contributed by atoms with E-state index in [-0.39, 0.29) is 23.9 Å². The van der Waals surface area contributed by atoms with Gasteiger partial charge in [-0.3, -0.25) is 9.59 Å². The molecule has 0 saturated heterocycles. The van der Waals surface area contributed by atoms with Gasteiger partial charge in [0.25, 0.3) is 5.91 Å². The Kier molecular flexibility index (Phi) is 5.71. The lowest BCUT2D eigenvalue weighted by Gasteiger charge is -2.37. The molecular weight excluding hydrogens is 297 g/mol. The Bertz CT molecular complexity index is 575. The van der Waals surface area contributed by atoms with Gasteiger partial charge in [-0.1, -0.05) is 25.0 Å². The van der Waals surface area contributed by atoms with E-state index in [4.69, 9.17) is 5.73 Å². The van der Waals surface area contributed by atoms with Gasteiger partial charge in [-0.25, -0.2) is 4.39 Å². The zero-order valence-corrected chi connectivity index (χ0v) is 13.4. The van der Waals surface area contributed by atoms with Crippen molar-refractivity contribution in [2.45, 2.75) is 38.1 Å². The highest BCUT2D eigenvalue weighted by Crippen LogP contribution is 2.31. The summed E-state index contributed by atoms with van der Waals surface area (Å²) in [5.74, 6) is -1.32. The first-order valence-corrected chi connectivity index (χ1v) is 8.01. The van der Waals surface area contributed by atoms with E-state index in [2.05, 4.69) is 10.6 Å². The van der Waals surface area contributed by atoms with Crippen molar-refractivity contribution >= 4 is 11.8 Å². The van der Waals surface area contributed by atoms with Gasteiger partial charge in [0.15, 0.2) is 0 Å². The highest BCUT2D eigenvalue weighted by atomic mass is 19.1. The number of carbonyl (C=O) groups excluding carboxylic acids is 2. The third kappa shape index (κ3) is 4.51. The molecule has 0 radical (unpaired) electrons. The highest BCUT2D eigenvalue weighted by Gasteiger charge is 2.37. The van der Waals surface area contributed by atoms with Crippen molar-refractivity contribution in [3.05, 3.63) is 35.6 Å². The van der Waals surface area contributed by atoms with Crippen molar-refractivity contribution in [1.82, 2.24) is 10.6 Å². The second kappa shape index (κ2) is 7.55. The van der Waals surface area contributed by atoms with Crippen molar-refractivity contribution in [3.63, 3.8) is 0 Å². The molecule has 1 aromatic carbocycles. The van der Waals surface area contributed by atoms with Crippen LogP contribution in [0, 0.1) is 11.7 Å². The van der Waals surface area contributed by atoms with Crippen LogP contribution in [-0.2, 0) is 4.79 Å². The van der Waals surface area contributed by atoms with E-state index in [0.29, 0.717) is 6.54 Å². The summed E-state index contributed by atoms with van der Waals surface area (Å²) >= 11 is 0. The smallest absolute Gasteiger partial charge is 0.254 e. The van der Waals surface area contributed by atoms with Crippen LogP contribution in [0.2, 0.25) is 0 Å². The fraction of sp³-hybridized carbons (Fsp3) is 0.529. The van der Waals surface area contributed by atoms with Gasteiger partial charge in [-0.05, 0) is 31.9 Å². The number of rotatable bonds is 5. The monoisotopic (exact) mass is 321 g/mol. The number of carbonyl (C=O) groups is 2. The van der Waals surface area contributed by atoms with E-state index in [9.17, 15) is 14.0 Å². The third-order valence-corrected chi connectivity index (χ3v) is 4.40. The van der Waals surface area contributed by atoms with Crippen LogP contribution < -0.4 is 16.4 Å². The van der Waals surface area contributed by atoms with Gasteiger partial charge in [-0.2, -0.15) is 0 Å². The number of hydrogen-bond donors (Lipinski definition) is 3. The molecule has 2 rings (SSSR count). The van der Waals surface area contributed by atoms with Crippen molar-refractivity contribution in [1.29, 1.82) is 0 Å². The van der Waals surface area contributed by atoms with Crippen LogP contribution in [0.25, 0.3) is 0 Å². The van der Waals surface area contributed by atoms with Gasteiger partial charge in [0, 0.05) is 18.6 Å². The molecule has 1 aliphatic rings. The molecule has 1 aromatic rings. The molecule has 126 valence electrons. The Hall–Kier alpha value is -1.95. The molecule has 2 amide bonds. The van der Waals surface area contributed by atoms with E-state index in [1.165, 1.54) is 18.2 Å². The second-order valence-corrected chi connectivity index (χ2v) is 6.33. The summed E-state index contributed by atoms with van der Waals surface area (Å²) in [5.41, 5.74) is 5.72. The maximum absolute atomic E-state index is 13.5. The van der Waals surface area contributed by atoms with Crippen molar-refractivity contribution in [2.24, 2.45) is 11.7 Å². The topological polar surface area (TPSA) is 84.2 Å². The molecule has 5 nitrogen and oxygen atoms in total. The number of amides is 2. The fourth-order valence-corrected chi connectivity index (χ4v) is 3.01. The molecule has 0 bridgehead atoms. The minimum atomic E-state index is -0.560. The van der Waals surface area contributed by atoms with E-state index in [1.807, 2.05) is 6.92 Å². The average Bonchev–Trinajstić information content (AvgIpc) is 2.51. The molecule has 4 N–H and O–H groups in total. The Labute approximate surface area is 135 Å². The lowest BCUT2D eigenvalue weighted by atomic mass is 9.74. The van der Waals surface area contributed by atoms with E-state index in [0.717, 1.165) is 25.7 Å². The van der Waals surface area contributed by atoms with Gasteiger partial charge < -0.3 is 16.4 Å². The second-order valence-electron chi connectivity index (χ2n) is 6.33. The molecule has 0 aromatic heterocycles. The molecule has 2 atom stereocenters. The molecular formula is C17H24FN3O2. The first kappa shape index (κ1) is 17.4. The molecule has 6 heteroatoms. The summed E-state index contributed by atoms with van der Waals surface area (Å²) in [6, 6.07) is 5.79. The lowest BCUT2D eigenvalue weighted by Crippen LogP contribution is -2.53. The van der Waals surface area contributed by atoms with Gasteiger partial charge >= 0.3 is 0 Å². The highest BCUT2D eigenvalue weighted by molar-refractivity contribution is 5.94. The molecule has 0 heterocycles. The first-order chi connectivity index (χ1) is 10.9. The average molecular weight is 321 g/mol. The van der Waals surface area contributed by atoms with Gasteiger partial charge in [-0.15, -0.1) is 0 Å². The van der Waals surface area contributed by atoms with E-state index in [1.54, 1.807) is 6.07 Å². The fourth-order valence-electron chi connectivity index (χ4n) is 3.01. The molecule has 23 heavy (non-hydrogen) atoms. The van der Waals surface area contributed by atoms with Gasteiger partial charge in [0.05, 0.1) is 11.5 Å². The summed E-state index contributed by atoms with van der Waals surface area (Å²) < 4.78 is 13.5. The van der Waals surface area contributed by atoms with E-state index < -0.39 is 17.3 Å². The number of nitrogens with two attached hydrogens (primary N) is 1. The van der Waals surface area contributed by atoms with Crippen molar-refractivity contribution < 1.29 is 14.0 Å². The Morgan fingerprint density at radius 1 is 1.26 bits per heavy atom. The third-order valence-electron chi connectivity index (χ3n) is 4.40. The van der Waals surface area contributed by atoms with Crippen molar-refractivity contribution in [3.8, 4) is 0 Å². The number of hydrogen-bond acceptors (Lipinski definition) is 3. The molecule has 1 fully saturated rings. The molecule has 0 spiro atoms. The van der Waals surface area contributed by atoms with Crippen LogP contribution in [0.5, 0.6) is 0 Å². The Morgan fingerprint density at radius 2 is 1.96 bits per heavy atom. The van der Waals surface area contributed by atoms with Gasteiger partial charge in [0.1, 0.15) is 5.82 Å². The molecule has 0 aliphatic heterocycles. The maximum Gasteiger partial charge on any atom is 0.254 e. The Morgan fingerprint density at radius 3 is 2.65 bits per heavy atom. The normalized spacial score (nSPS) is 24.0. The standard InChI is InChI=1S/C17H24FN3O2/c1-17(19)9-5-4-7-13(17)16(23)21-11-10-20-15(22)12-6-2-3-8-14(12)18/h2-3,6,8,13H,4-5,7,9-11,19H2,1H3,(H,20,22)(H,21,23). The van der Waals surface area contributed by atoms with E-state index >= 15 is 0 Å². The largest absolute Gasteiger partial charge is 0.354 e. The summed E-state index contributed by atoms with van der Waals surface area (Å²) in [7, 11) is 0. The predicted octanol–water partition coefficient (Wildman–Crippen LogP) is 1.58. The summed E-state index contributed by atoms with van der Waals surface area (Å²) in [6.45, 7) is 2.45. The molecule has 2 unspecified atom stereocenters. The summed E-state index contributed by atoms with van der Waals surface area (Å²) in [6.07, 6.45) is 3.69. The quantitative estimate of drug-likeness (QED) is 0.720. The van der Waals surface area contributed by atoms with Crippen LogP contribution >= 0.6 is 0 Å². The minimum absolute atomic E-state index is 0.000593. The summed E-state index contributed by atoms with van der Waals surface area (Å²) in [5, 5.41) is 5.40. The SMILES string of the molecule is CC1(N)CCCCC1C(=O)NCCNC(=O)c1ccccc1F. The predicted molar refractivity (Wildman–Crippen MR) is 86.3 cm³/mol. The maximum atomic E-state index is 13.5. The zero-order chi connectivity index (χ0) is 16.9. The van der Waals surface area contributed by atoms with Crippen LogP contribution in [0.4, 0.5) is 4.39 Å². The number of nitrogens with one attached hydrogen (secondary N) is 2. The van der Waals surface area contributed by atoms with Crippen molar-refractivity contribution in [2.75, 3.05) is 13.1 Å². The minimum Gasteiger partial charge on any atom is -0.354 e. The Balaban J connectivity index is 1.76. The summed E-state index contributed by atoms with van der Waals surface area (Å²) in [4.78, 5) is 24.0. The lowest BCUT2D eigenvalue weighted by molar-refractivity contribution is -0.128. The molecule has 1 aliphatic carbocycles. The van der Waals surface area contributed by atoms with Crippen LogP contribution in [-0.4, -0.2) is 30.4 Å². The number of benzene rings is 1. The van der Waals surface area contributed by atoms with Crippen LogP contribution in [0.1, 0.15) is 43.0 Å². The van der Waals surface area contributed by atoms with Crippen LogP contribution in [0.15, 0.2) is 24.3 Å².